The van der Waals surface area contributed by atoms with Gasteiger partial charge in [0.1, 0.15) is 11.5 Å². The molecule has 122 valence electrons. The van der Waals surface area contributed by atoms with Gasteiger partial charge in [0, 0.05) is 6.42 Å². The van der Waals surface area contributed by atoms with Crippen molar-refractivity contribution in [1.82, 2.24) is 5.06 Å². The van der Waals surface area contributed by atoms with Crippen LogP contribution in [0.2, 0.25) is 0 Å². The van der Waals surface area contributed by atoms with E-state index in [4.69, 9.17) is 20.7 Å². The number of nitrogens with zero attached hydrogens (tertiary/aromatic N) is 1. The molecule has 0 aliphatic heterocycles. The summed E-state index contributed by atoms with van der Waals surface area (Å²) in [5.74, 6) is 2.96. The number of amides is 1. The van der Waals surface area contributed by atoms with Gasteiger partial charge >= 0.3 is 12.2 Å². The molecule has 0 saturated carbocycles. The summed E-state index contributed by atoms with van der Waals surface area (Å²) < 4.78 is 10.1. The van der Waals surface area contributed by atoms with E-state index in [1.807, 2.05) is 0 Å². The predicted molar refractivity (Wildman–Crippen MR) is 86.2 cm³/mol. The lowest BCUT2D eigenvalue weighted by Gasteiger charge is -2.19. The van der Waals surface area contributed by atoms with Crippen LogP contribution in [0.1, 0.15) is 6.42 Å². The molecular formula is C18H15NO5. The molecule has 0 unspecified atom stereocenters. The van der Waals surface area contributed by atoms with Gasteiger partial charge in [-0.2, -0.15) is 0 Å². The van der Waals surface area contributed by atoms with Crippen molar-refractivity contribution in [2.45, 2.75) is 6.42 Å². The maximum absolute atomic E-state index is 12.1. The molecule has 0 N–H and O–H groups in total. The maximum Gasteiger partial charge on any atom is 0.539 e. The largest absolute Gasteiger partial charge is 0.539 e. The molecule has 0 aromatic heterocycles. The highest BCUT2D eigenvalue weighted by atomic mass is 16.8. The van der Waals surface area contributed by atoms with Crippen molar-refractivity contribution >= 4 is 12.2 Å². The number of carbonyl (C=O) groups excluding carboxylic acids is 2. The third-order valence-electron chi connectivity index (χ3n) is 2.74. The number of carbonyl (C=O) groups is 2. The molecule has 24 heavy (non-hydrogen) atoms. The molecule has 0 fully saturated rings. The van der Waals surface area contributed by atoms with Gasteiger partial charge in [-0.15, -0.1) is 17.4 Å². The Morgan fingerprint density at radius 3 is 2.00 bits per heavy atom. The summed E-state index contributed by atoms with van der Waals surface area (Å²) in [6, 6.07) is 16.7. The van der Waals surface area contributed by atoms with E-state index in [9.17, 15) is 9.59 Å². The fourth-order valence-corrected chi connectivity index (χ4v) is 1.67. The summed E-state index contributed by atoms with van der Waals surface area (Å²) in [5, 5.41) is 0.720. The van der Waals surface area contributed by atoms with Gasteiger partial charge in [-0.25, -0.2) is 9.59 Å². The summed E-state index contributed by atoms with van der Waals surface area (Å²) in [6.07, 6.45) is 3.43. The summed E-state index contributed by atoms with van der Waals surface area (Å²) in [6.45, 7) is -0.0218. The highest BCUT2D eigenvalue weighted by Gasteiger charge is 2.22. The Balaban J connectivity index is 1.98. The van der Waals surface area contributed by atoms with Crippen LogP contribution in [0.3, 0.4) is 0 Å². The summed E-state index contributed by atoms with van der Waals surface area (Å²) in [5.41, 5.74) is 0. The molecule has 2 aromatic carbocycles. The Hall–Kier alpha value is -3.46. The average Bonchev–Trinajstić information content (AvgIpc) is 2.60. The van der Waals surface area contributed by atoms with Gasteiger partial charge in [0.05, 0.1) is 6.54 Å². The first-order valence-electron chi connectivity index (χ1n) is 7.11. The van der Waals surface area contributed by atoms with Crippen LogP contribution in [0, 0.1) is 12.3 Å². The van der Waals surface area contributed by atoms with E-state index in [0.717, 1.165) is 5.06 Å². The van der Waals surface area contributed by atoms with E-state index in [1.165, 1.54) is 0 Å². The number of hydrogen-bond acceptors (Lipinski definition) is 5. The molecule has 2 rings (SSSR count). The number of benzene rings is 2. The van der Waals surface area contributed by atoms with E-state index >= 15 is 0 Å². The molecule has 0 heterocycles. The van der Waals surface area contributed by atoms with Crippen molar-refractivity contribution < 1.29 is 23.9 Å². The molecule has 0 spiro atoms. The molecule has 1 amide bonds. The van der Waals surface area contributed by atoms with Crippen LogP contribution in [0.15, 0.2) is 60.7 Å². The summed E-state index contributed by atoms with van der Waals surface area (Å²) >= 11 is 0. The molecule has 2 aromatic rings. The van der Waals surface area contributed by atoms with E-state index in [1.54, 1.807) is 60.7 Å². The minimum atomic E-state index is -1.07. The molecule has 0 bridgehead atoms. The SMILES string of the molecule is C#CCCN(OC(=O)Oc1ccccc1)C(=O)Oc1ccccc1. The minimum absolute atomic E-state index is 0.0218. The number of rotatable bonds is 4. The average molecular weight is 325 g/mol. The minimum Gasteiger partial charge on any atom is -0.408 e. The van der Waals surface area contributed by atoms with Crippen LogP contribution in [0.4, 0.5) is 9.59 Å². The molecule has 0 atom stereocenters. The van der Waals surface area contributed by atoms with Crippen LogP contribution in [0.25, 0.3) is 0 Å². The first-order valence-corrected chi connectivity index (χ1v) is 7.11. The third-order valence-corrected chi connectivity index (χ3v) is 2.74. The van der Waals surface area contributed by atoms with Crippen molar-refractivity contribution in [3.05, 3.63) is 60.7 Å². The number of hydrogen-bond donors (Lipinski definition) is 0. The van der Waals surface area contributed by atoms with E-state index in [0.29, 0.717) is 5.75 Å². The smallest absolute Gasteiger partial charge is 0.408 e. The standard InChI is InChI=1S/C18H15NO5/c1-2-3-14-19(17(20)22-15-10-6-4-7-11-15)24-18(21)23-16-12-8-5-9-13-16/h1,4-13H,3,14H2. The van der Waals surface area contributed by atoms with Crippen molar-refractivity contribution in [2.24, 2.45) is 0 Å². The molecule has 0 aliphatic rings. The summed E-state index contributed by atoms with van der Waals surface area (Å²) in [4.78, 5) is 28.8. The number of terminal acetylenes is 1. The zero-order valence-electron chi connectivity index (χ0n) is 12.8. The molecule has 6 heteroatoms. The number of para-hydroxylation sites is 2. The molecular weight excluding hydrogens is 310 g/mol. The van der Waals surface area contributed by atoms with Crippen LogP contribution in [-0.2, 0) is 4.84 Å². The Morgan fingerprint density at radius 2 is 1.46 bits per heavy atom. The van der Waals surface area contributed by atoms with Crippen molar-refractivity contribution in [1.29, 1.82) is 0 Å². The second-order valence-electron chi connectivity index (χ2n) is 4.49. The Morgan fingerprint density at radius 1 is 0.917 bits per heavy atom. The first kappa shape index (κ1) is 16.9. The molecule has 0 aliphatic carbocycles. The molecule has 0 saturated heterocycles. The lowest BCUT2D eigenvalue weighted by Crippen LogP contribution is -2.37. The number of hydroxylamine groups is 2. The van der Waals surface area contributed by atoms with E-state index in [2.05, 4.69) is 5.92 Å². The third kappa shape index (κ3) is 5.39. The van der Waals surface area contributed by atoms with Gasteiger partial charge < -0.3 is 9.47 Å². The van der Waals surface area contributed by atoms with E-state index in [-0.39, 0.29) is 18.7 Å². The second-order valence-corrected chi connectivity index (χ2v) is 4.49. The zero-order valence-corrected chi connectivity index (χ0v) is 12.8. The monoisotopic (exact) mass is 325 g/mol. The van der Waals surface area contributed by atoms with Crippen molar-refractivity contribution in [3.63, 3.8) is 0 Å². The lowest BCUT2D eigenvalue weighted by molar-refractivity contribution is -0.0880. The van der Waals surface area contributed by atoms with Gasteiger partial charge in [-0.05, 0) is 24.3 Å². The van der Waals surface area contributed by atoms with Gasteiger partial charge in [-0.3, -0.25) is 4.84 Å². The Kier molecular flexibility index (Phi) is 6.24. The summed E-state index contributed by atoms with van der Waals surface area (Å²) in [7, 11) is 0. The van der Waals surface area contributed by atoms with Crippen LogP contribution < -0.4 is 9.47 Å². The van der Waals surface area contributed by atoms with Gasteiger partial charge in [-0.1, -0.05) is 36.4 Å². The van der Waals surface area contributed by atoms with Crippen LogP contribution in [-0.4, -0.2) is 23.9 Å². The predicted octanol–water partition coefficient (Wildman–Crippen LogP) is 3.64. The van der Waals surface area contributed by atoms with Crippen molar-refractivity contribution in [3.8, 4) is 23.8 Å². The van der Waals surface area contributed by atoms with Gasteiger partial charge in [0.15, 0.2) is 0 Å². The maximum atomic E-state index is 12.1. The quantitative estimate of drug-likeness (QED) is 0.372. The van der Waals surface area contributed by atoms with Gasteiger partial charge in [0.25, 0.3) is 0 Å². The van der Waals surface area contributed by atoms with Crippen molar-refractivity contribution in [2.75, 3.05) is 6.54 Å². The normalized spacial score (nSPS) is 9.46. The number of ether oxygens (including phenoxy) is 2. The van der Waals surface area contributed by atoms with E-state index < -0.39 is 12.2 Å². The highest BCUT2D eigenvalue weighted by molar-refractivity contribution is 5.72. The lowest BCUT2D eigenvalue weighted by atomic mass is 10.3. The fourth-order valence-electron chi connectivity index (χ4n) is 1.67. The Bertz CT molecular complexity index is 709. The van der Waals surface area contributed by atoms with Gasteiger partial charge in [0.2, 0.25) is 0 Å². The first-order chi connectivity index (χ1) is 11.7. The Labute approximate surface area is 139 Å². The zero-order chi connectivity index (χ0) is 17.2. The molecule has 0 radical (unpaired) electrons. The highest BCUT2D eigenvalue weighted by Crippen LogP contribution is 2.13. The fraction of sp³-hybridized carbons (Fsp3) is 0.111. The van der Waals surface area contributed by atoms with Crippen LogP contribution >= 0.6 is 0 Å². The molecule has 6 nitrogen and oxygen atoms in total. The van der Waals surface area contributed by atoms with Crippen LogP contribution in [0.5, 0.6) is 11.5 Å². The topological polar surface area (TPSA) is 65.1 Å². The second kappa shape index (κ2) is 8.86.